The number of aromatic nitrogens is 3. The number of ether oxygens (including phenoxy) is 1. The first kappa shape index (κ1) is 27.6. The molecule has 0 atom stereocenters. The van der Waals surface area contributed by atoms with Crippen LogP contribution in [-0.4, -0.2) is 48.1 Å². The summed E-state index contributed by atoms with van der Waals surface area (Å²) in [4.78, 5) is 30.3. The third-order valence-corrected chi connectivity index (χ3v) is 9.73. The van der Waals surface area contributed by atoms with Gasteiger partial charge in [0.05, 0.1) is 17.8 Å². The molecule has 7 nitrogen and oxygen atoms in total. The Morgan fingerprint density at radius 3 is 2.68 bits per heavy atom. The molecule has 1 aliphatic carbocycles. The number of fused-ring (bicyclic) bond motifs is 2. The van der Waals surface area contributed by atoms with Crippen LogP contribution in [0.2, 0.25) is 0 Å². The summed E-state index contributed by atoms with van der Waals surface area (Å²) in [6.45, 7) is 3.41. The Bertz CT molecular complexity index is 1540. The zero-order valence-electron chi connectivity index (χ0n) is 24.3. The van der Waals surface area contributed by atoms with Crippen molar-refractivity contribution in [2.24, 2.45) is 11.8 Å². The van der Waals surface area contributed by atoms with Crippen molar-refractivity contribution in [3.8, 4) is 16.3 Å². The predicted molar refractivity (Wildman–Crippen MR) is 166 cm³/mol. The van der Waals surface area contributed by atoms with Crippen LogP contribution < -0.4 is 15.0 Å². The fourth-order valence-corrected chi connectivity index (χ4v) is 7.18. The Balaban J connectivity index is 0.961. The monoisotopic (exact) mass is 569 g/mol. The van der Waals surface area contributed by atoms with Crippen molar-refractivity contribution in [2.45, 2.75) is 58.3 Å². The van der Waals surface area contributed by atoms with Gasteiger partial charge in [0, 0.05) is 44.4 Å². The molecule has 4 aromatic rings. The molecule has 0 unspecified atom stereocenters. The molecule has 1 amide bonds. The van der Waals surface area contributed by atoms with E-state index in [2.05, 4.69) is 28.4 Å². The molecule has 41 heavy (non-hydrogen) atoms. The Hall–Kier alpha value is -3.52. The summed E-state index contributed by atoms with van der Waals surface area (Å²) in [5, 5.41) is 5.22. The lowest BCUT2D eigenvalue weighted by Gasteiger charge is -2.28. The van der Waals surface area contributed by atoms with Crippen molar-refractivity contribution in [1.29, 1.82) is 0 Å². The summed E-state index contributed by atoms with van der Waals surface area (Å²) in [6.07, 6.45) is 8.97. The first-order valence-electron chi connectivity index (χ1n) is 14.9. The molecule has 2 aromatic heterocycles. The number of anilines is 1. The second-order valence-electron chi connectivity index (χ2n) is 11.7. The smallest absolute Gasteiger partial charge is 0.263 e. The molecule has 0 saturated heterocycles. The molecule has 8 heteroatoms. The van der Waals surface area contributed by atoms with Gasteiger partial charge in [-0.1, -0.05) is 31.4 Å². The minimum absolute atomic E-state index is 0.00495. The summed E-state index contributed by atoms with van der Waals surface area (Å²) in [6, 6.07) is 14.5. The van der Waals surface area contributed by atoms with E-state index in [-0.39, 0.29) is 5.91 Å². The second kappa shape index (κ2) is 12.1. The molecular weight excluding hydrogens is 530 g/mol. The topological polar surface area (TPSA) is 80.2 Å². The van der Waals surface area contributed by atoms with Gasteiger partial charge in [-0.2, -0.15) is 0 Å². The standard InChI is InChI=1S/C33H39N5O2S/c1-21-30(41-33(35-21)25-15-16-28-24(19-25)17-18-40-28)32(39)34-20-23-13-11-22(12-14-23)7-6-10-29-36-27-9-5-4-8-26(27)31(37-29)38(2)3/h4-5,8-9,15-16,19,22-23H,6-7,10-14,17-18,20H2,1-3H3,(H,34,39). The van der Waals surface area contributed by atoms with Crippen LogP contribution in [0.25, 0.3) is 21.5 Å². The number of thiazole rings is 1. The first-order chi connectivity index (χ1) is 19.9. The zero-order valence-corrected chi connectivity index (χ0v) is 25.1. The Morgan fingerprint density at radius 2 is 1.85 bits per heavy atom. The normalized spacial score (nSPS) is 18.2. The van der Waals surface area contributed by atoms with Gasteiger partial charge in [0.1, 0.15) is 27.3 Å². The van der Waals surface area contributed by atoms with E-state index in [4.69, 9.17) is 19.7 Å². The molecule has 0 radical (unpaired) electrons. The van der Waals surface area contributed by atoms with Crippen molar-refractivity contribution in [1.82, 2.24) is 20.3 Å². The summed E-state index contributed by atoms with van der Waals surface area (Å²) in [7, 11) is 4.08. The van der Waals surface area contributed by atoms with Gasteiger partial charge in [0.15, 0.2) is 0 Å². The van der Waals surface area contributed by atoms with Crippen LogP contribution in [0, 0.1) is 18.8 Å². The molecule has 2 aliphatic rings. The molecule has 3 heterocycles. The molecule has 1 saturated carbocycles. The number of nitrogens with one attached hydrogen (secondary N) is 1. The highest BCUT2D eigenvalue weighted by atomic mass is 32.1. The fraction of sp³-hybridized carbons (Fsp3) is 0.455. The van der Waals surface area contributed by atoms with E-state index in [1.807, 2.05) is 45.3 Å². The molecule has 2 aromatic carbocycles. The average molecular weight is 570 g/mol. The molecule has 0 bridgehead atoms. The number of para-hydroxylation sites is 1. The maximum absolute atomic E-state index is 13.1. The van der Waals surface area contributed by atoms with Crippen molar-refractivity contribution < 1.29 is 9.53 Å². The summed E-state index contributed by atoms with van der Waals surface area (Å²) >= 11 is 1.49. The molecule has 1 fully saturated rings. The Labute approximate surface area is 246 Å². The number of carbonyl (C=O) groups is 1. The van der Waals surface area contributed by atoms with Crippen LogP contribution in [-0.2, 0) is 12.8 Å². The van der Waals surface area contributed by atoms with Crippen LogP contribution in [0.1, 0.15) is 65.3 Å². The minimum atomic E-state index is 0.00495. The third-order valence-electron chi connectivity index (χ3n) is 8.52. The largest absolute Gasteiger partial charge is 0.493 e. The maximum atomic E-state index is 13.1. The van der Waals surface area contributed by atoms with E-state index in [1.54, 1.807) is 0 Å². The molecule has 214 valence electrons. The van der Waals surface area contributed by atoms with Crippen molar-refractivity contribution >= 4 is 34.0 Å². The van der Waals surface area contributed by atoms with Gasteiger partial charge in [0.25, 0.3) is 5.91 Å². The number of amides is 1. The van der Waals surface area contributed by atoms with E-state index in [1.165, 1.54) is 49.0 Å². The van der Waals surface area contributed by atoms with Gasteiger partial charge in [-0.3, -0.25) is 4.79 Å². The second-order valence-corrected chi connectivity index (χ2v) is 12.7. The highest BCUT2D eigenvalue weighted by molar-refractivity contribution is 7.17. The van der Waals surface area contributed by atoms with Gasteiger partial charge in [-0.05, 0) is 73.9 Å². The summed E-state index contributed by atoms with van der Waals surface area (Å²) < 4.78 is 5.63. The van der Waals surface area contributed by atoms with Crippen molar-refractivity contribution in [3.63, 3.8) is 0 Å². The van der Waals surface area contributed by atoms with E-state index >= 15 is 0 Å². The third kappa shape index (κ3) is 6.22. The number of benzene rings is 2. The highest BCUT2D eigenvalue weighted by Crippen LogP contribution is 2.34. The average Bonchev–Trinajstić information content (AvgIpc) is 3.62. The number of nitrogens with zero attached hydrogens (tertiary/aromatic N) is 4. The molecular formula is C33H39N5O2S. The first-order valence-corrected chi connectivity index (χ1v) is 15.7. The number of aryl methyl sites for hydroxylation is 2. The van der Waals surface area contributed by atoms with Crippen LogP contribution in [0.15, 0.2) is 42.5 Å². The van der Waals surface area contributed by atoms with Crippen LogP contribution in [0.5, 0.6) is 5.75 Å². The van der Waals surface area contributed by atoms with Crippen molar-refractivity contribution in [2.75, 3.05) is 32.1 Å². The predicted octanol–water partition coefficient (Wildman–Crippen LogP) is 6.62. The van der Waals surface area contributed by atoms with Gasteiger partial charge < -0.3 is 15.0 Å². The van der Waals surface area contributed by atoms with Gasteiger partial charge >= 0.3 is 0 Å². The van der Waals surface area contributed by atoms with E-state index in [0.717, 1.165) is 87.8 Å². The van der Waals surface area contributed by atoms with E-state index < -0.39 is 0 Å². The summed E-state index contributed by atoms with van der Waals surface area (Å²) in [5.74, 6) is 4.20. The molecule has 1 aliphatic heterocycles. The minimum Gasteiger partial charge on any atom is -0.493 e. The van der Waals surface area contributed by atoms with Gasteiger partial charge in [-0.15, -0.1) is 11.3 Å². The SMILES string of the molecule is Cc1nc(-c2ccc3c(c2)CCO3)sc1C(=O)NCC1CCC(CCCc2nc(N(C)C)c3ccccc3n2)CC1. The molecule has 0 spiro atoms. The lowest BCUT2D eigenvalue weighted by atomic mass is 9.80. The molecule has 1 N–H and O–H groups in total. The zero-order chi connectivity index (χ0) is 28.3. The number of carbonyl (C=O) groups excluding carboxylic acids is 1. The van der Waals surface area contributed by atoms with Crippen LogP contribution in [0.3, 0.4) is 0 Å². The van der Waals surface area contributed by atoms with E-state index in [0.29, 0.717) is 5.92 Å². The van der Waals surface area contributed by atoms with Crippen LogP contribution in [0.4, 0.5) is 5.82 Å². The Kier molecular flexibility index (Phi) is 8.19. The van der Waals surface area contributed by atoms with Gasteiger partial charge in [-0.25, -0.2) is 15.0 Å². The van der Waals surface area contributed by atoms with Crippen molar-refractivity contribution in [3.05, 3.63) is 64.4 Å². The lowest BCUT2D eigenvalue weighted by molar-refractivity contribution is 0.0944. The van der Waals surface area contributed by atoms with Crippen LogP contribution >= 0.6 is 11.3 Å². The number of hydrogen-bond acceptors (Lipinski definition) is 7. The quantitative estimate of drug-likeness (QED) is 0.244. The van der Waals surface area contributed by atoms with Gasteiger partial charge in [0.2, 0.25) is 0 Å². The molecule has 6 rings (SSSR count). The van der Waals surface area contributed by atoms with E-state index in [9.17, 15) is 4.79 Å². The fourth-order valence-electron chi connectivity index (χ4n) is 6.20. The number of hydrogen-bond donors (Lipinski definition) is 1. The highest BCUT2D eigenvalue weighted by Gasteiger charge is 2.23. The lowest BCUT2D eigenvalue weighted by Crippen LogP contribution is -2.31. The number of rotatable bonds is 9. The Morgan fingerprint density at radius 1 is 1.05 bits per heavy atom. The maximum Gasteiger partial charge on any atom is 0.263 e. The summed E-state index contributed by atoms with van der Waals surface area (Å²) in [5.41, 5.74) is 4.10.